The topological polar surface area (TPSA) is 51.3 Å². The van der Waals surface area contributed by atoms with Crippen LogP contribution in [0.2, 0.25) is 0 Å². The number of hydrogen-bond acceptors (Lipinski definition) is 5. The summed E-state index contributed by atoms with van der Waals surface area (Å²) in [4.78, 5) is 8.72. The minimum absolute atomic E-state index is 0.200. The van der Waals surface area contributed by atoms with Gasteiger partial charge >= 0.3 is 0 Å². The lowest BCUT2D eigenvalue weighted by atomic mass is 9.78. The molecule has 0 amide bonds. The van der Waals surface area contributed by atoms with Gasteiger partial charge in [-0.2, -0.15) is 0 Å². The monoisotopic (exact) mass is 295 g/mol. The van der Waals surface area contributed by atoms with E-state index in [0.29, 0.717) is 11.0 Å². The number of hydrogen-bond donors (Lipinski definition) is 1. The number of thiazole rings is 1. The summed E-state index contributed by atoms with van der Waals surface area (Å²) < 4.78 is 1.17. The molecule has 19 heavy (non-hydrogen) atoms. The summed E-state index contributed by atoms with van der Waals surface area (Å²) in [5.74, 6) is 1.42. The summed E-state index contributed by atoms with van der Waals surface area (Å²) in [5, 5.41) is 0.636. The van der Waals surface area contributed by atoms with E-state index in [1.54, 1.807) is 23.1 Å². The highest BCUT2D eigenvalue weighted by atomic mass is 32.2. The van der Waals surface area contributed by atoms with Gasteiger partial charge in [0.2, 0.25) is 0 Å². The van der Waals surface area contributed by atoms with Gasteiger partial charge in [-0.25, -0.2) is 4.98 Å². The first-order valence-electron chi connectivity index (χ1n) is 6.53. The van der Waals surface area contributed by atoms with E-state index in [-0.39, 0.29) is 5.41 Å². The molecule has 1 aliphatic rings. The molecule has 1 atom stereocenters. The second kappa shape index (κ2) is 5.67. The molecule has 0 aliphatic carbocycles. The largest absolute Gasteiger partial charge is 0.375 e. The van der Waals surface area contributed by atoms with Gasteiger partial charge in [0.05, 0.1) is 10.4 Å². The van der Waals surface area contributed by atoms with E-state index in [4.69, 9.17) is 5.73 Å². The molecule has 0 bridgehead atoms. The van der Waals surface area contributed by atoms with Gasteiger partial charge in [-0.3, -0.25) is 4.99 Å². The Kier molecular flexibility index (Phi) is 4.36. The molecule has 3 nitrogen and oxygen atoms in total. The Hall–Kier alpha value is -0.810. The summed E-state index contributed by atoms with van der Waals surface area (Å²) in [6, 6.07) is 0. The Morgan fingerprint density at radius 2 is 2.16 bits per heavy atom. The summed E-state index contributed by atoms with van der Waals surface area (Å²) >= 11 is 3.33. The lowest BCUT2D eigenvalue weighted by Crippen LogP contribution is -2.22. The molecular weight excluding hydrogens is 274 g/mol. The van der Waals surface area contributed by atoms with E-state index >= 15 is 0 Å². The molecule has 0 radical (unpaired) electrons. The maximum absolute atomic E-state index is 5.65. The number of rotatable bonds is 4. The number of nitrogen functional groups attached to an aromatic ring is 1. The Labute approximate surface area is 123 Å². The predicted molar refractivity (Wildman–Crippen MR) is 86.0 cm³/mol. The second-order valence-corrected chi connectivity index (χ2v) is 8.06. The summed E-state index contributed by atoms with van der Waals surface area (Å²) in [5.41, 5.74) is 8.58. The SMILES string of the molecule is CCC1C(C(C)(C)C)=CN=C1CSc1cnc(N)s1. The average Bonchev–Trinajstić information content (AvgIpc) is 2.91. The zero-order chi connectivity index (χ0) is 14.0. The fourth-order valence-corrected chi connectivity index (χ4v) is 4.08. The van der Waals surface area contributed by atoms with Crippen molar-refractivity contribution in [1.82, 2.24) is 4.98 Å². The Balaban J connectivity index is 1.99. The minimum Gasteiger partial charge on any atom is -0.375 e. The molecule has 1 unspecified atom stereocenters. The van der Waals surface area contributed by atoms with E-state index in [9.17, 15) is 0 Å². The van der Waals surface area contributed by atoms with Gasteiger partial charge < -0.3 is 5.73 Å². The number of aromatic nitrogens is 1. The van der Waals surface area contributed by atoms with Gasteiger partial charge in [-0.15, -0.1) is 11.8 Å². The van der Waals surface area contributed by atoms with Gasteiger partial charge in [-0.1, -0.05) is 39.0 Å². The standard InChI is InChI=1S/C14H21N3S2/c1-5-9-10(14(2,3)4)6-16-11(9)8-18-12-7-17-13(15)19-12/h6-7,9H,5,8H2,1-4H3,(H2,15,17). The van der Waals surface area contributed by atoms with Crippen molar-refractivity contribution in [3.05, 3.63) is 18.0 Å². The number of allylic oxidation sites excluding steroid dienone is 1. The van der Waals surface area contributed by atoms with Crippen LogP contribution < -0.4 is 5.73 Å². The molecule has 0 fully saturated rings. The number of nitrogens with two attached hydrogens (primary N) is 1. The predicted octanol–water partition coefficient (Wildman–Crippen LogP) is 4.23. The molecule has 1 aromatic heterocycles. The van der Waals surface area contributed by atoms with Gasteiger partial charge in [0.15, 0.2) is 5.13 Å². The van der Waals surface area contributed by atoms with E-state index in [0.717, 1.165) is 12.2 Å². The molecule has 1 aromatic rings. The Bertz CT molecular complexity index is 509. The van der Waals surface area contributed by atoms with Crippen LogP contribution in [0.15, 0.2) is 27.2 Å². The third-order valence-corrected chi connectivity index (χ3v) is 5.34. The molecule has 0 spiro atoms. The lowest BCUT2D eigenvalue weighted by molar-refractivity contribution is 0.459. The molecule has 0 saturated heterocycles. The van der Waals surface area contributed by atoms with Crippen LogP contribution in [-0.4, -0.2) is 16.4 Å². The molecule has 104 valence electrons. The van der Waals surface area contributed by atoms with Gasteiger partial charge in [0.1, 0.15) is 0 Å². The van der Waals surface area contributed by atoms with Crippen LogP contribution in [0.1, 0.15) is 34.1 Å². The third kappa shape index (κ3) is 3.39. The Morgan fingerprint density at radius 1 is 1.42 bits per heavy atom. The zero-order valence-electron chi connectivity index (χ0n) is 11.9. The number of thioether (sulfide) groups is 1. The van der Waals surface area contributed by atoms with Crippen LogP contribution in [-0.2, 0) is 0 Å². The highest BCUT2D eigenvalue weighted by Crippen LogP contribution is 2.38. The summed E-state index contributed by atoms with van der Waals surface area (Å²) in [7, 11) is 0. The van der Waals surface area contributed by atoms with Crippen molar-refractivity contribution >= 4 is 33.9 Å². The highest BCUT2D eigenvalue weighted by Gasteiger charge is 2.30. The van der Waals surface area contributed by atoms with E-state index < -0.39 is 0 Å². The van der Waals surface area contributed by atoms with Crippen molar-refractivity contribution in [2.45, 2.75) is 38.3 Å². The first-order valence-corrected chi connectivity index (χ1v) is 8.33. The molecular formula is C14H21N3S2. The number of anilines is 1. The second-order valence-electron chi connectivity index (χ2n) is 5.72. The molecule has 2 N–H and O–H groups in total. The smallest absolute Gasteiger partial charge is 0.181 e. The van der Waals surface area contributed by atoms with Crippen LogP contribution in [0.3, 0.4) is 0 Å². The van der Waals surface area contributed by atoms with Crippen LogP contribution in [0.5, 0.6) is 0 Å². The van der Waals surface area contributed by atoms with E-state index in [1.807, 2.05) is 6.20 Å². The first-order chi connectivity index (χ1) is 8.91. The van der Waals surface area contributed by atoms with Crippen molar-refractivity contribution in [3.63, 3.8) is 0 Å². The molecule has 2 heterocycles. The van der Waals surface area contributed by atoms with Crippen molar-refractivity contribution in [1.29, 1.82) is 0 Å². The van der Waals surface area contributed by atoms with Crippen molar-refractivity contribution in [2.24, 2.45) is 16.3 Å². The minimum atomic E-state index is 0.200. The number of nitrogens with zero attached hydrogens (tertiary/aromatic N) is 2. The summed E-state index contributed by atoms with van der Waals surface area (Å²) in [6.07, 6.45) is 5.04. The number of aliphatic imine (C=N–C) groups is 1. The molecule has 5 heteroatoms. The van der Waals surface area contributed by atoms with Crippen LogP contribution >= 0.6 is 23.1 Å². The molecule has 0 saturated carbocycles. The van der Waals surface area contributed by atoms with Crippen molar-refractivity contribution in [3.8, 4) is 0 Å². The molecule has 2 rings (SSSR count). The van der Waals surface area contributed by atoms with E-state index in [1.165, 1.54) is 15.5 Å². The van der Waals surface area contributed by atoms with Crippen molar-refractivity contribution < 1.29 is 0 Å². The van der Waals surface area contributed by atoms with Gasteiger partial charge in [0, 0.05) is 23.6 Å². The van der Waals surface area contributed by atoms with Crippen LogP contribution in [0, 0.1) is 11.3 Å². The van der Waals surface area contributed by atoms with Crippen molar-refractivity contribution in [2.75, 3.05) is 11.5 Å². The quantitative estimate of drug-likeness (QED) is 0.846. The van der Waals surface area contributed by atoms with E-state index in [2.05, 4.69) is 43.9 Å². The molecule has 0 aromatic carbocycles. The average molecular weight is 295 g/mol. The Morgan fingerprint density at radius 3 is 2.68 bits per heavy atom. The zero-order valence-corrected chi connectivity index (χ0v) is 13.6. The fraction of sp³-hybridized carbons (Fsp3) is 0.571. The third-order valence-electron chi connectivity index (χ3n) is 3.29. The van der Waals surface area contributed by atoms with Gasteiger partial charge in [-0.05, 0) is 17.4 Å². The van der Waals surface area contributed by atoms with Crippen LogP contribution in [0.25, 0.3) is 0 Å². The normalized spacial score (nSPS) is 19.5. The van der Waals surface area contributed by atoms with Crippen LogP contribution in [0.4, 0.5) is 5.13 Å². The molecule has 1 aliphatic heterocycles. The van der Waals surface area contributed by atoms with Gasteiger partial charge in [0.25, 0.3) is 0 Å². The maximum Gasteiger partial charge on any atom is 0.181 e. The fourth-order valence-electron chi connectivity index (χ4n) is 2.31. The lowest BCUT2D eigenvalue weighted by Gasteiger charge is -2.26. The highest BCUT2D eigenvalue weighted by molar-refractivity contribution is 8.01. The maximum atomic E-state index is 5.65. The summed E-state index contributed by atoms with van der Waals surface area (Å²) in [6.45, 7) is 9.02. The first kappa shape index (κ1) is 14.6.